The van der Waals surface area contributed by atoms with Gasteiger partial charge in [-0.05, 0) is 51.8 Å². The summed E-state index contributed by atoms with van der Waals surface area (Å²) < 4.78 is 6.19. The molecule has 2 nitrogen and oxygen atoms in total. The van der Waals surface area contributed by atoms with E-state index in [0.29, 0.717) is 6.04 Å². The van der Waals surface area contributed by atoms with Gasteiger partial charge in [0.1, 0.15) is 0 Å². The fourth-order valence-electron chi connectivity index (χ4n) is 3.33. The Morgan fingerprint density at radius 3 is 2.47 bits per heavy atom. The van der Waals surface area contributed by atoms with Gasteiger partial charge in [-0.2, -0.15) is 0 Å². The molecule has 1 heterocycles. The summed E-state index contributed by atoms with van der Waals surface area (Å²) in [4.78, 5) is 2.98. The van der Waals surface area contributed by atoms with Crippen LogP contribution >= 0.6 is 11.3 Å². The van der Waals surface area contributed by atoms with Crippen molar-refractivity contribution in [1.29, 1.82) is 0 Å². The summed E-state index contributed by atoms with van der Waals surface area (Å²) in [5.74, 6) is 0. The Bertz CT molecular complexity index is 382. The zero-order chi connectivity index (χ0) is 13.7. The smallest absolute Gasteiger partial charge is 0.0838 e. The molecule has 2 rings (SSSR count). The van der Waals surface area contributed by atoms with Crippen molar-refractivity contribution in [3.8, 4) is 0 Å². The van der Waals surface area contributed by atoms with Crippen LogP contribution in [0.3, 0.4) is 0 Å². The fraction of sp³-hybridized carbons (Fsp3) is 0.750. The lowest BCUT2D eigenvalue weighted by molar-refractivity contribution is -0.0595. The summed E-state index contributed by atoms with van der Waals surface area (Å²) in [6, 6.07) is 5.01. The molecule has 0 amide bonds. The second-order valence-corrected chi connectivity index (χ2v) is 6.72. The van der Waals surface area contributed by atoms with Crippen molar-refractivity contribution in [2.75, 3.05) is 13.7 Å². The molecule has 0 radical (unpaired) electrons. The molecule has 0 aliphatic heterocycles. The summed E-state index contributed by atoms with van der Waals surface area (Å²) in [7, 11) is 2.08. The molecule has 0 aromatic carbocycles. The van der Waals surface area contributed by atoms with Crippen LogP contribution in [0.15, 0.2) is 12.1 Å². The van der Waals surface area contributed by atoms with E-state index in [0.717, 1.165) is 19.4 Å². The zero-order valence-electron chi connectivity index (χ0n) is 12.5. The van der Waals surface area contributed by atoms with E-state index in [1.165, 1.54) is 35.4 Å². The number of ether oxygens (including phenoxy) is 1. The van der Waals surface area contributed by atoms with E-state index in [-0.39, 0.29) is 5.60 Å². The average molecular weight is 281 g/mol. The Morgan fingerprint density at radius 1 is 1.26 bits per heavy atom. The Balaban J connectivity index is 2.09. The molecule has 1 aliphatic carbocycles. The Hall–Kier alpha value is -0.380. The SMILES string of the molecule is CCOC1(C(Cc2ccc(CC)s2)NC)CCCC1. The number of rotatable bonds is 7. The molecule has 1 aliphatic rings. The highest BCUT2D eigenvalue weighted by molar-refractivity contribution is 7.11. The maximum absolute atomic E-state index is 6.19. The van der Waals surface area contributed by atoms with Crippen LogP contribution in [0.25, 0.3) is 0 Å². The van der Waals surface area contributed by atoms with Crippen molar-refractivity contribution >= 4 is 11.3 Å². The summed E-state index contributed by atoms with van der Waals surface area (Å²) in [6.07, 6.45) is 7.27. The first-order valence-corrected chi connectivity index (χ1v) is 8.44. The van der Waals surface area contributed by atoms with Crippen LogP contribution in [0.4, 0.5) is 0 Å². The van der Waals surface area contributed by atoms with E-state index < -0.39 is 0 Å². The zero-order valence-corrected chi connectivity index (χ0v) is 13.3. The molecule has 19 heavy (non-hydrogen) atoms. The van der Waals surface area contributed by atoms with E-state index >= 15 is 0 Å². The predicted octanol–water partition coefficient (Wildman–Crippen LogP) is 3.79. The lowest BCUT2D eigenvalue weighted by atomic mass is 9.89. The highest BCUT2D eigenvalue weighted by atomic mass is 32.1. The van der Waals surface area contributed by atoms with Crippen LogP contribution in [0.5, 0.6) is 0 Å². The highest BCUT2D eigenvalue weighted by Crippen LogP contribution is 2.37. The Kier molecular flexibility index (Phi) is 5.43. The minimum atomic E-state index is 0.0693. The maximum atomic E-state index is 6.19. The van der Waals surface area contributed by atoms with Crippen molar-refractivity contribution in [1.82, 2.24) is 5.32 Å². The molecule has 1 N–H and O–H groups in total. The molecule has 1 unspecified atom stereocenters. The van der Waals surface area contributed by atoms with E-state index in [4.69, 9.17) is 4.74 Å². The van der Waals surface area contributed by atoms with Crippen LogP contribution < -0.4 is 5.32 Å². The molecule has 1 fully saturated rings. The number of thiophene rings is 1. The third-order valence-electron chi connectivity index (χ3n) is 4.34. The minimum absolute atomic E-state index is 0.0693. The predicted molar refractivity (Wildman–Crippen MR) is 83.1 cm³/mol. The van der Waals surface area contributed by atoms with E-state index in [1.807, 2.05) is 11.3 Å². The molecule has 0 bridgehead atoms. The summed E-state index contributed by atoms with van der Waals surface area (Å²) in [6.45, 7) is 5.17. The molecule has 1 aromatic heterocycles. The van der Waals surface area contributed by atoms with Gasteiger partial charge in [-0.3, -0.25) is 0 Å². The lowest BCUT2D eigenvalue weighted by Gasteiger charge is -2.37. The van der Waals surface area contributed by atoms with Gasteiger partial charge in [0.2, 0.25) is 0 Å². The number of likely N-dealkylation sites (N-methyl/N-ethyl adjacent to an activating group) is 1. The molecule has 1 aromatic rings. The van der Waals surface area contributed by atoms with Crippen LogP contribution in [0.2, 0.25) is 0 Å². The molecule has 1 saturated carbocycles. The number of nitrogens with one attached hydrogen (secondary N) is 1. The second-order valence-electron chi connectivity index (χ2n) is 5.47. The van der Waals surface area contributed by atoms with E-state index in [2.05, 4.69) is 38.3 Å². The molecule has 1 atom stereocenters. The third kappa shape index (κ3) is 3.39. The van der Waals surface area contributed by atoms with Crippen molar-refractivity contribution in [3.05, 3.63) is 21.9 Å². The largest absolute Gasteiger partial charge is 0.374 e. The molecule has 3 heteroatoms. The second kappa shape index (κ2) is 6.87. The number of hydrogen-bond donors (Lipinski definition) is 1. The van der Waals surface area contributed by atoms with Crippen LogP contribution in [0.1, 0.15) is 49.3 Å². The molecule has 0 saturated heterocycles. The molecular formula is C16H27NOS. The van der Waals surface area contributed by atoms with Crippen molar-refractivity contribution < 1.29 is 4.74 Å². The van der Waals surface area contributed by atoms with Gasteiger partial charge in [-0.25, -0.2) is 0 Å². The monoisotopic (exact) mass is 281 g/mol. The third-order valence-corrected chi connectivity index (χ3v) is 5.59. The minimum Gasteiger partial charge on any atom is -0.374 e. The lowest BCUT2D eigenvalue weighted by Crippen LogP contribution is -2.51. The van der Waals surface area contributed by atoms with Gasteiger partial charge < -0.3 is 10.1 Å². The molecule has 0 spiro atoms. The molecular weight excluding hydrogens is 254 g/mol. The van der Waals surface area contributed by atoms with Gasteiger partial charge in [-0.1, -0.05) is 19.8 Å². The standard InChI is InChI=1S/C16H27NOS/c1-4-13-8-9-14(19-13)12-15(17-3)16(18-5-2)10-6-7-11-16/h8-9,15,17H,4-7,10-12H2,1-3H3. The van der Waals surface area contributed by atoms with Crippen molar-refractivity contribution in [2.24, 2.45) is 0 Å². The van der Waals surface area contributed by atoms with Gasteiger partial charge >= 0.3 is 0 Å². The van der Waals surface area contributed by atoms with Gasteiger partial charge in [-0.15, -0.1) is 11.3 Å². The van der Waals surface area contributed by atoms with Crippen molar-refractivity contribution in [2.45, 2.75) is 64.0 Å². The molecule has 108 valence electrons. The van der Waals surface area contributed by atoms with Gasteiger partial charge in [0, 0.05) is 22.4 Å². The van der Waals surface area contributed by atoms with Gasteiger partial charge in [0.25, 0.3) is 0 Å². The van der Waals surface area contributed by atoms with Gasteiger partial charge in [0.15, 0.2) is 0 Å². The normalized spacial score (nSPS) is 19.7. The van der Waals surface area contributed by atoms with E-state index in [1.54, 1.807) is 0 Å². The van der Waals surface area contributed by atoms with Crippen molar-refractivity contribution in [3.63, 3.8) is 0 Å². The summed E-state index contributed by atoms with van der Waals surface area (Å²) in [5, 5.41) is 3.53. The quantitative estimate of drug-likeness (QED) is 0.821. The summed E-state index contributed by atoms with van der Waals surface area (Å²) in [5.41, 5.74) is 0.0693. The number of hydrogen-bond acceptors (Lipinski definition) is 3. The average Bonchev–Trinajstić information content (AvgIpc) is 3.05. The van der Waals surface area contributed by atoms with Gasteiger partial charge in [0.05, 0.1) is 5.60 Å². The Labute approximate surface area is 121 Å². The number of aryl methyl sites for hydroxylation is 1. The Morgan fingerprint density at radius 2 is 1.95 bits per heavy atom. The fourth-order valence-corrected chi connectivity index (χ4v) is 4.33. The first kappa shape index (κ1) is 15.0. The maximum Gasteiger partial charge on any atom is 0.0838 e. The highest BCUT2D eigenvalue weighted by Gasteiger charge is 2.41. The van der Waals surface area contributed by atoms with Crippen LogP contribution in [-0.4, -0.2) is 25.3 Å². The topological polar surface area (TPSA) is 21.3 Å². The van der Waals surface area contributed by atoms with Crippen LogP contribution in [-0.2, 0) is 17.6 Å². The summed E-state index contributed by atoms with van der Waals surface area (Å²) >= 11 is 1.96. The first-order chi connectivity index (χ1) is 9.24. The first-order valence-electron chi connectivity index (χ1n) is 7.63. The van der Waals surface area contributed by atoms with Crippen LogP contribution in [0, 0.1) is 0 Å². The van der Waals surface area contributed by atoms with E-state index in [9.17, 15) is 0 Å².